The zero-order chi connectivity index (χ0) is 15.1. The molecule has 1 heterocycles. The fraction of sp³-hybridized carbons (Fsp3) is 0.500. The molecule has 1 fully saturated rings. The van der Waals surface area contributed by atoms with Crippen molar-refractivity contribution in [2.24, 2.45) is 5.92 Å². The molecule has 4 heteroatoms. The largest absolute Gasteiger partial charge is 0.310 e. The number of benzene rings is 1. The highest BCUT2D eigenvalue weighted by Gasteiger charge is 2.23. The van der Waals surface area contributed by atoms with Crippen LogP contribution in [-0.4, -0.2) is 16.2 Å². The second kappa shape index (κ2) is 5.96. The summed E-state index contributed by atoms with van der Waals surface area (Å²) in [5, 5.41) is 11.2. The van der Waals surface area contributed by atoms with E-state index in [1.54, 1.807) is 0 Å². The van der Waals surface area contributed by atoms with Gasteiger partial charge in [-0.3, -0.25) is 5.10 Å². The highest BCUT2D eigenvalue weighted by atomic mass is 127. The number of nitrogens with one attached hydrogen (secondary N) is 2. The average Bonchev–Trinajstić information content (AvgIpc) is 3.06. The molecule has 1 aromatic heterocycles. The number of aromatic nitrogens is 2. The van der Waals surface area contributed by atoms with Gasteiger partial charge in [-0.15, -0.1) is 0 Å². The summed E-state index contributed by atoms with van der Waals surface area (Å²) in [6.45, 7) is 3.37. The number of aromatic amines is 1. The van der Waals surface area contributed by atoms with Crippen LogP contribution in [0.5, 0.6) is 0 Å². The second-order valence-electron chi connectivity index (χ2n) is 6.87. The second-order valence-corrected chi connectivity index (χ2v) is 7.90. The van der Waals surface area contributed by atoms with E-state index in [1.807, 2.05) is 0 Å². The molecule has 0 radical (unpaired) electrons. The van der Waals surface area contributed by atoms with Crippen molar-refractivity contribution >= 4 is 22.6 Å². The van der Waals surface area contributed by atoms with Crippen LogP contribution in [0.4, 0.5) is 0 Å². The van der Waals surface area contributed by atoms with Crippen molar-refractivity contribution < 1.29 is 0 Å². The Morgan fingerprint density at radius 2 is 2.09 bits per heavy atom. The van der Waals surface area contributed by atoms with Crippen molar-refractivity contribution in [3.05, 3.63) is 38.6 Å². The predicted octanol–water partition coefficient (Wildman–Crippen LogP) is 4.25. The number of hydrogen-bond donors (Lipinski definition) is 2. The van der Waals surface area contributed by atoms with Crippen LogP contribution >= 0.6 is 22.6 Å². The molecule has 2 N–H and O–H groups in total. The third-order valence-corrected chi connectivity index (χ3v) is 6.13. The van der Waals surface area contributed by atoms with Crippen LogP contribution in [0.15, 0.2) is 18.2 Å². The lowest BCUT2D eigenvalue weighted by Gasteiger charge is -2.27. The minimum absolute atomic E-state index is 0.710. The molecule has 0 unspecified atom stereocenters. The standard InChI is InChI=1S/C18H22IN3/c1-11-2-5-14(6-3-11)20-10-12-4-7-15-13(8-12)9-16-17(15)21-22-18(16)19/h4,7-8,11,14,20H,2-3,5-6,9-10H2,1H3,(H,21,22)/t11-,14-. The van der Waals surface area contributed by atoms with E-state index >= 15 is 0 Å². The van der Waals surface area contributed by atoms with Crippen molar-refractivity contribution in [1.29, 1.82) is 0 Å². The maximum Gasteiger partial charge on any atom is 0.127 e. The van der Waals surface area contributed by atoms with Gasteiger partial charge in [0.2, 0.25) is 0 Å². The minimum Gasteiger partial charge on any atom is -0.310 e. The van der Waals surface area contributed by atoms with Crippen molar-refractivity contribution in [1.82, 2.24) is 15.5 Å². The summed E-state index contributed by atoms with van der Waals surface area (Å²) < 4.78 is 1.11. The van der Waals surface area contributed by atoms with E-state index in [2.05, 4.69) is 63.2 Å². The highest BCUT2D eigenvalue weighted by Crippen LogP contribution is 2.37. The Morgan fingerprint density at radius 3 is 2.91 bits per heavy atom. The Balaban J connectivity index is 1.43. The van der Waals surface area contributed by atoms with Gasteiger partial charge in [0.15, 0.2) is 0 Å². The lowest BCUT2D eigenvalue weighted by Crippen LogP contribution is -2.32. The van der Waals surface area contributed by atoms with Gasteiger partial charge in [-0.25, -0.2) is 0 Å². The number of H-pyrrole nitrogens is 1. The normalized spacial score (nSPS) is 23.4. The van der Waals surface area contributed by atoms with E-state index in [4.69, 9.17) is 0 Å². The quantitative estimate of drug-likeness (QED) is 0.638. The van der Waals surface area contributed by atoms with Gasteiger partial charge >= 0.3 is 0 Å². The summed E-state index contributed by atoms with van der Waals surface area (Å²) in [5.74, 6) is 0.920. The molecule has 2 aliphatic carbocycles. The molecule has 0 bridgehead atoms. The molecule has 0 spiro atoms. The van der Waals surface area contributed by atoms with Crippen LogP contribution in [0.1, 0.15) is 49.3 Å². The van der Waals surface area contributed by atoms with Gasteiger partial charge < -0.3 is 5.32 Å². The Hall–Kier alpha value is -0.880. The summed E-state index contributed by atoms with van der Waals surface area (Å²) in [6.07, 6.45) is 6.44. The van der Waals surface area contributed by atoms with Crippen molar-refractivity contribution in [3.63, 3.8) is 0 Å². The van der Waals surface area contributed by atoms with Crippen molar-refractivity contribution in [2.75, 3.05) is 0 Å². The van der Waals surface area contributed by atoms with Crippen LogP contribution in [0, 0.1) is 9.62 Å². The number of halogens is 1. The topological polar surface area (TPSA) is 40.7 Å². The van der Waals surface area contributed by atoms with Gasteiger partial charge in [0.25, 0.3) is 0 Å². The lowest BCUT2D eigenvalue weighted by atomic mass is 9.87. The lowest BCUT2D eigenvalue weighted by molar-refractivity contribution is 0.306. The van der Waals surface area contributed by atoms with Crippen molar-refractivity contribution in [3.8, 4) is 11.3 Å². The van der Waals surface area contributed by atoms with E-state index < -0.39 is 0 Å². The van der Waals surface area contributed by atoms with E-state index in [0.717, 1.165) is 22.6 Å². The molecule has 0 atom stereocenters. The molecule has 4 rings (SSSR count). The van der Waals surface area contributed by atoms with Gasteiger partial charge in [-0.1, -0.05) is 25.1 Å². The molecule has 116 valence electrons. The van der Waals surface area contributed by atoms with E-state index in [1.165, 1.54) is 53.6 Å². The van der Waals surface area contributed by atoms with E-state index in [9.17, 15) is 0 Å². The maximum absolute atomic E-state index is 4.31. The Kier molecular flexibility index (Phi) is 3.98. The molecule has 3 nitrogen and oxygen atoms in total. The molecule has 0 aliphatic heterocycles. The summed E-state index contributed by atoms with van der Waals surface area (Å²) in [6, 6.07) is 7.61. The van der Waals surface area contributed by atoms with Gasteiger partial charge in [0.05, 0.1) is 5.69 Å². The van der Waals surface area contributed by atoms with Crippen LogP contribution in [0.2, 0.25) is 0 Å². The van der Waals surface area contributed by atoms with Gasteiger partial charge in [0, 0.05) is 30.1 Å². The van der Waals surface area contributed by atoms with E-state index in [0.29, 0.717) is 6.04 Å². The first-order valence-corrected chi connectivity index (χ1v) is 9.37. The first kappa shape index (κ1) is 14.7. The molecule has 0 saturated heterocycles. The van der Waals surface area contributed by atoms with Gasteiger partial charge in [0.1, 0.15) is 3.70 Å². The summed E-state index contributed by atoms with van der Waals surface area (Å²) in [5.41, 5.74) is 6.77. The number of hydrogen-bond acceptors (Lipinski definition) is 2. The van der Waals surface area contributed by atoms with Gasteiger partial charge in [-0.2, -0.15) is 5.10 Å². The first-order valence-electron chi connectivity index (χ1n) is 8.29. The molecular formula is C18H22IN3. The number of rotatable bonds is 3. The molecule has 1 aromatic carbocycles. The summed E-state index contributed by atoms with van der Waals surface area (Å²) >= 11 is 2.32. The first-order chi connectivity index (χ1) is 10.7. The average molecular weight is 407 g/mol. The molecule has 1 saturated carbocycles. The smallest absolute Gasteiger partial charge is 0.127 e. The highest BCUT2D eigenvalue weighted by molar-refractivity contribution is 14.1. The predicted molar refractivity (Wildman–Crippen MR) is 97.8 cm³/mol. The zero-order valence-corrected chi connectivity index (χ0v) is 15.1. The van der Waals surface area contributed by atoms with Crippen molar-refractivity contribution in [2.45, 2.75) is 51.6 Å². The minimum atomic E-state index is 0.710. The maximum atomic E-state index is 4.31. The van der Waals surface area contributed by atoms with Crippen LogP contribution in [0.3, 0.4) is 0 Å². The van der Waals surface area contributed by atoms with Crippen LogP contribution < -0.4 is 5.32 Å². The zero-order valence-electron chi connectivity index (χ0n) is 13.0. The third-order valence-electron chi connectivity index (χ3n) is 5.23. The Bertz CT molecular complexity index is 684. The molecule has 2 aromatic rings. The Labute approximate surface area is 145 Å². The van der Waals surface area contributed by atoms with E-state index in [-0.39, 0.29) is 0 Å². The summed E-state index contributed by atoms with van der Waals surface area (Å²) in [7, 11) is 0. The molecule has 2 aliphatic rings. The monoisotopic (exact) mass is 407 g/mol. The third kappa shape index (κ3) is 2.71. The molecule has 0 amide bonds. The van der Waals surface area contributed by atoms with Gasteiger partial charge in [-0.05, 0) is 65.3 Å². The SMILES string of the molecule is C[C@H]1CC[C@H](NCc2ccc3c(c2)Cc2c(I)n[nH]c2-3)CC1. The number of nitrogens with zero attached hydrogens (tertiary/aromatic N) is 1. The summed E-state index contributed by atoms with van der Waals surface area (Å²) in [4.78, 5) is 0. The Morgan fingerprint density at radius 1 is 1.27 bits per heavy atom. The molecule has 22 heavy (non-hydrogen) atoms. The molecular weight excluding hydrogens is 385 g/mol. The van der Waals surface area contributed by atoms with Crippen LogP contribution in [-0.2, 0) is 13.0 Å². The number of fused-ring (bicyclic) bond motifs is 3. The fourth-order valence-corrected chi connectivity index (χ4v) is 4.37. The fourth-order valence-electron chi connectivity index (χ4n) is 3.79. The van der Waals surface area contributed by atoms with Crippen LogP contribution in [0.25, 0.3) is 11.3 Å².